The van der Waals surface area contributed by atoms with Crippen molar-refractivity contribution in [2.24, 2.45) is 16.8 Å². The predicted octanol–water partition coefficient (Wildman–Crippen LogP) is 1.10. The third-order valence-electron chi connectivity index (χ3n) is 3.90. The number of rotatable bonds is 3. The van der Waals surface area contributed by atoms with Crippen LogP contribution in [-0.4, -0.2) is 20.4 Å². The van der Waals surface area contributed by atoms with E-state index in [2.05, 4.69) is 5.32 Å². The van der Waals surface area contributed by atoms with Gasteiger partial charge in [0.05, 0.1) is 4.90 Å². The number of benzene rings is 1. The zero-order valence-corrected chi connectivity index (χ0v) is 12.8. The van der Waals surface area contributed by atoms with Gasteiger partial charge in [-0.25, -0.2) is 13.6 Å². The molecule has 0 radical (unpaired) electrons. The highest BCUT2D eigenvalue weighted by Crippen LogP contribution is 2.25. The molecule has 1 saturated carbocycles. The summed E-state index contributed by atoms with van der Waals surface area (Å²) in [7, 11) is -3.79. The summed E-state index contributed by atoms with van der Waals surface area (Å²) < 4.78 is 23.0. The van der Waals surface area contributed by atoms with E-state index < -0.39 is 10.0 Å². The Labute approximate surface area is 124 Å². The first-order valence-corrected chi connectivity index (χ1v) is 8.52. The van der Waals surface area contributed by atoms with Gasteiger partial charge in [0.2, 0.25) is 15.9 Å². The van der Waals surface area contributed by atoms with Crippen molar-refractivity contribution < 1.29 is 13.2 Å². The van der Waals surface area contributed by atoms with E-state index in [0.29, 0.717) is 11.3 Å². The van der Waals surface area contributed by atoms with Crippen LogP contribution < -0.4 is 16.2 Å². The fourth-order valence-corrected chi connectivity index (χ4v) is 3.42. The summed E-state index contributed by atoms with van der Waals surface area (Å²) in [5, 5.41) is 7.93. The summed E-state index contributed by atoms with van der Waals surface area (Å²) in [6.07, 6.45) is 3.21. The normalized spacial score (nSPS) is 22.8. The van der Waals surface area contributed by atoms with E-state index >= 15 is 0 Å². The molecule has 0 unspecified atom stereocenters. The lowest BCUT2D eigenvalue weighted by atomic mass is 9.86. The zero-order chi connectivity index (χ0) is 15.6. The van der Waals surface area contributed by atoms with Crippen LogP contribution in [0.4, 0.5) is 5.69 Å². The first-order chi connectivity index (χ1) is 9.77. The Balaban J connectivity index is 2.11. The Hall–Kier alpha value is -1.44. The van der Waals surface area contributed by atoms with E-state index in [1.165, 1.54) is 6.07 Å². The molecule has 5 N–H and O–H groups in total. The molecule has 0 aromatic heterocycles. The second-order valence-corrected chi connectivity index (χ2v) is 7.16. The number of carbonyl (C=O) groups is 1. The topological polar surface area (TPSA) is 115 Å². The quantitative estimate of drug-likeness (QED) is 0.775. The number of sulfonamides is 1. The summed E-state index contributed by atoms with van der Waals surface area (Å²) in [5.74, 6) is -0.157. The number of nitrogens with one attached hydrogen (secondary N) is 1. The van der Waals surface area contributed by atoms with Crippen LogP contribution in [0.15, 0.2) is 23.1 Å². The van der Waals surface area contributed by atoms with Crippen LogP contribution in [0.25, 0.3) is 0 Å². The summed E-state index contributed by atoms with van der Waals surface area (Å²) in [6, 6.07) is 4.89. The molecule has 6 nitrogen and oxygen atoms in total. The van der Waals surface area contributed by atoms with Crippen LogP contribution in [-0.2, 0) is 14.8 Å². The summed E-state index contributed by atoms with van der Waals surface area (Å²) >= 11 is 0. The molecule has 0 heterocycles. The molecule has 1 amide bonds. The van der Waals surface area contributed by atoms with E-state index in [1.807, 2.05) is 0 Å². The summed E-state index contributed by atoms with van der Waals surface area (Å²) in [5.41, 5.74) is 6.83. The summed E-state index contributed by atoms with van der Waals surface area (Å²) in [4.78, 5) is 12.2. The highest BCUT2D eigenvalue weighted by atomic mass is 32.2. The molecular formula is C14H21N3O3S. The molecule has 0 aliphatic heterocycles. The van der Waals surface area contributed by atoms with Crippen molar-refractivity contribution in [3.63, 3.8) is 0 Å². The van der Waals surface area contributed by atoms with Gasteiger partial charge in [-0.05, 0) is 50.3 Å². The Morgan fingerprint density at radius 3 is 2.43 bits per heavy atom. The number of amides is 1. The lowest BCUT2D eigenvalue weighted by molar-refractivity contribution is -0.120. The van der Waals surface area contributed by atoms with Crippen molar-refractivity contribution in [1.82, 2.24) is 0 Å². The van der Waals surface area contributed by atoms with E-state index in [9.17, 15) is 13.2 Å². The molecule has 1 aliphatic carbocycles. The van der Waals surface area contributed by atoms with Crippen LogP contribution in [0.5, 0.6) is 0 Å². The van der Waals surface area contributed by atoms with Gasteiger partial charge in [-0.2, -0.15) is 0 Å². The Morgan fingerprint density at radius 2 is 1.86 bits per heavy atom. The van der Waals surface area contributed by atoms with Gasteiger partial charge >= 0.3 is 0 Å². The van der Waals surface area contributed by atoms with Crippen molar-refractivity contribution in [1.29, 1.82) is 0 Å². The smallest absolute Gasteiger partial charge is 0.238 e. The second kappa shape index (κ2) is 6.13. The molecule has 1 aromatic carbocycles. The lowest BCUT2D eigenvalue weighted by Gasteiger charge is -2.25. The number of anilines is 1. The molecule has 1 aromatic rings. The monoisotopic (exact) mass is 311 g/mol. The average molecular weight is 311 g/mol. The van der Waals surface area contributed by atoms with Crippen molar-refractivity contribution in [2.45, 2.75) is 43.5 Å². The van der Waals surface area contributed by atoms with E-state index in [-0.39, 0.29) is 22.8 Å². The molecule has 2 rings (SSSR count). The number of hydrogen-bond acceptors (Lipinski definition) is 4. The fourth-order valence-electron chi connectivity index (χ4n) is 2.61. The first kappa shape index (κ1) is 15.9. The van der Waals surface area contributed by atoms with Crippen LogP contribution in [0.2, 0.25) is 0 Å². The standard InChI is InChI=1S/C14H21N3O3S/c1-9-2-7-12(8-13(9)21(16,19)20)17-14(18)10-3-5-11(15)6-4-10/h2,7-8,10-11H,3-6,15H2,1H3,(H,17,18)(H2,16,19,20). The van der Waals surface area contributed by atoms with Crippen molar-refractivity contribution in [2.75, 3.05) is 5.32 Å². The number of aryl methyl sites for hydroxylation is 1. The number of carbonyl (C=O) groups excluding carboxylic acids is 1. The minimum atomic E-state index is -3.79. The maximum atomic E-state index is 12.2. The maximum absolute atomic E-state index is 12.2. The minimum Gasteiger partial charge on any atom is -0.328 e. The van der Waals surface area contributed by atoms with Gasteiger partial charge in [-0.1, -0.05) is 6.07 Å². The van der Waals surface area contributed by atoms with Gasteiger partial charge in [0.15, 0.2) is 0 Å². The SMILES string of the molecule is Cc1ccc(NC(=O)C2CCC(N)CC2)cc1S(N)(=O)=O. The molecule has 116 valence electrons. The van der Waals surface area contributed by atoms with Crippen LogP contribution in [0.1, 0.15) is 31.2 Å². The van der Waals surface area contributed by atoms with Gasteiger partial charge in [0.1, 0.15) is 0 Å². The van der Waals surface area contributed by atoms with Gasteiger partial charge in [0, 0.05) is 17.6 Å². The molecule has 1 fully saturated rings. The molecule has 0 bridgehead atoms. The van der Waals surface area contributed by atoms with Gasteiger partial charge in [-0.3, -0.25) is 4.79 Å². The van der Waals surface area contributed by atoms with Crippen LogP contribution >= 0.6 is 0 Å². The molecule has 21 heavy (non-hydrogen) atoms. The fraction of sp³-hybridized carbons (Fsp3) is 0.500. The number of nitrogens with two attached hydrogens (primary N) is 2. The lowest BCUT2D eigenvalue weighted by Crippen LogP contribution is -2.32. The third-order valence-corrected chi connectivity index (χ3v) is 4.96. The van der Waals surface area contributed by atoms with Gasteiger partial charge in [0.25, 0.3) is 0 Å². The van der Waals surface area contributed by atoms with E-state index in [0.717, 1.165) is 25.7 Å². The van der Waals surface area contributed by atoms with Gasteiger partial charge < -0.3 is 11.1 Å². The molecule has 1 aliphatic rings. The summed E-state index contributed by atoms with van der Waals surface area (Å²) in [6.45, 7) is 1.66. The molecule has 7 heteroatoms. The molecule has 0 spiro atoms. The zero-order valence-electron chi connectivity index (χ0n) is 12.0. The second-order valence-electron chi connectivity index (χ2n) is 5.63. The Bertz CT molecular complexity index is 635. The number of hydrogen-bond donors (Lipinski definition) is 3. The van der Waals surface area contributed by atoms with E-state index in [1.54, 1.807) is 19.1 Å². The average Bonchev–Trinajstić information content (AvgIpc) is 2.40. The highest BCUT2D eigenvalue weighted by molar-refractivity contribution is 7.89. The van der Waals surface area contributed by atoms with Crippen LogP contribution in [0, 0.1) is 12.8 Å². The Kier molecular flexibility index (Phi) is 4.65. The molecular weight excluding hydrogens is 290 g/mol. The third kappa shape index (κ3) is 4.03. The highest BCUT2D eigenvalue weighted by Gasteiger charge is 2.24. The first-order valence-electron chi connectivity index (χ1n) is 6.97. The molecule has 0 saturated heterocycles. The van der Waals surface area contributed by atoms with Crippen molar-refractivity contribution in [3.8, 4) is 0 Å². The predicted molar refractivity (Wildman–Crippen MR) is 81.1 cm³/mol. The number of primary sulfonamides is 1. The maximum Gasteiger partial charge on any atom is 0.238 e. The van der Waals surface area contributed by atoms with Crippen molar-refractivity contribution >= 4 is 21.6 Å². The van der Waals surface area contributed by atoms with Crippen molar-refractivity contribution in [3.05, 3.63) is 23.8 Å². The molecule has 0 atom stereocenters. The van der Waals surface area contributed by atoms with Crippen LogP contribution in [0.3, 0.4) is 0 Å². The van der Waals surface area contributed by atoms with E-state index in [4.69, 9.17) is 10.9 Å². The minimum absolute atomic E-state index is 0.0333. The largest absolute Gasteiger partial charge is 0.328 e. The Morgan fingerprint density at radius 1 is 1.24 bits per heavy atom. The van der Waals surface area contributed by atoms with Gasteiger partial charge in [-0.15, -0.1) is 0 Å².